The third-order valence-corrected chi connectivity index (χ3v) is 5.46. The molecule has 0 aromatic heterocycles. The van der Waals surface area contributed by atoms with E-state index in [0.717, 1.165) is 12.8 Å². The van der Waals surface area contributed by atoms with E-state index in [1.807, 2.05) is 0 Å². The van der Waals surface area contributed by atoms with Gasteiger partial charge in [0, 0.05) is 11.4 Å². The zero-order valence-corrected chi connectivity index (χ0v) is 21.0. The zero-order valence-electron chi connectivity index (χ0n) is 19.2. The SMILES string of the molecule is NCCCCC(NC(=O)CS)C(=O)Nc1cccc(NC(=O)C(CCCCN)NC(=O)CS)c1. The van der Waals surface area contributed by atoms with Crippen molar-refractivity contribution in [1.82, 2.24) is 10.6 Å². The third kappa shape index (κ3) is 11.7. The highest BCUT2D eigenvalue weighted by Crippen LogP contribution is 2.17. The highest BCUT2D eigenvalue weighted by Gasteiger charge is 2.22. The van der Waals surface area contributed by atoms with Crippen molar-refractivity contribution in [3.05, 3.63) is 24.3 Å². The van der Waals surface area contributed by atoms with E-state index in [4.69, 9.17) is 11.5 Å². The Morgan fingerprint density at radius 1 is 0.735 bits per heavy atom. The molecule has 0 radical (unpaired) electrons. The van der Waals surface area contributed by atoms with Crippen molar-refractivity contribution in [1.29, 1.82) is 0 Å². The van der Waals surface area contributed by atoms with Crippen LogP contribution in [-0.4, -0.2) is 60.3 Å². The smallest absolute Gasteiger partial charge is 0.246 e. The Morgan fingerprint density at radius 2 is 1.15 bits per heavy atom. The maximum Gasteiger partial charge on any atom is 0.246 e. The maximum absolute atomic E-state index is 12.8. The highest BCUT2D eigenvalue weighted by molar-refractivity contribution is 7.81. The molecule has 0 saturated heterocycles. The Morgan fingerprint density at radius 3 is 1.50 bits per heavy atom. The van der Waals surface area contributed by atoms with Crippen molar-refractivity contribution in [2.24, 2.45) is 11.5 Å². The van der Waals surface area contributed by atoms with Crippen LogP contribution >= 0.6 is 25.3 Å². The molecule has 0 fully saturated rings. The summed E-state index contributed by atoms with van der Waals surface area (Å²) >= 11 is 7.88. The van der Waals surface area contributed by atoms with Crippen LogP contribution in [0.2, 0.25) is 0 Å². The van der Waals surface area contributed by atoms with Crippen LogP contribution in [-0.2, 0) is 19.2 Å². The van der Waals surface area contributed by atoms with E-state index in [2.05, 4.69) is 46.5 Å². The summed E-state index contributed by atoms with van der Waals surface area (Å²) in [4.78, 5) is 49.1. The van der Waals surface area contributed by atoms with Gasteiger partial charge in [-0.1, -0.05) is 6.07 Å². The van der Waals surface area contributed by atoms with Crippen molar-refractivity contribution in [3.8, 4) is 0 Å². The predicted octanol–water partition coefficient (Wildman–Crippen LogP) is 0.651. The van der Waals surface area contributed by atoms with Crippen molar-refractivity contribution in [2.45, 2.75) is 50.6 Å². The van der Waals surface area contributed by atoms with Gasteiger partial charge in [-0.15, -0.1) is 0 Å². The fourth-order valence-corrected chi connectivity index (χ4v) is 3.32. The molecule has 2 unspecified atom stereocenters. The molecule has 8 N–H and O–H groups in total. The summed E-state index contributed by atoms with van der Waals surface area (Å²) < 4.78 is 0. The summed E-state index contributed by atoms with van der Waals surface area (Å²) in [6, 6.07) is 5.17. The molecule has 10 nitrogen and oxygen atoms in total. The molecular weight excluding hydrogens is 476 g/mol. The normalized spacial score (nSPS) is 12.4. The van der Waals surface area contributed by atoms with Gasteiger partial charge in [-0.2, -0.15) is 25.3 Å². The van der Waals surface area contributed by atoms with E-state index in [1.54, 1.807) is 24.3 Å². The minimum atomic E-state index is -0.729. The van der Waals surface area contributed by atoms with Gasteiger partial charge < -0.3 is 32.7 Å². The first kappa shape index (κ1) is 29.8. The molecule has 1 rings (SSSR count). The molecule has 2 atom stereocenters. The number of anilines is 2. The second-order valence-electron chi connectivity index (χ2n) is 7.68. The number of thiol groups is 2. The topological polar surface area (TPSA) is 168 Å². The summed E-state index contributed by atoms with van der Waals surface area (Å²) in [7, 11) is 0. The number of carbonyl (C=O) groups excluding carboxylic acids is 4. The van der Waals surface area contributed by atoms with Crippen molar-refractivity contribution < 1.29 is 19.2 Å². The van der Waals surface area contributed by atoms with Crippen molar-refractivity contribution in [2.75, 3.05) is 35.2 Å². The Hall–Kier alpha value is -2.28. The number of carbonyl (C=O) groups is 4. The average Bonchev–Trinajstić information content (AvgIpc) is 2.82. The standard InChI is InChI=1S/C22H36N6O4S2/c23-10-3-1-8-17(27-19(29)13-33)21(31)25-15-6-5-7-16(12-15)26-22(32)18(9-2-4-11-24)28-20(30)14-34/h5-7,12,17-18,33-34H,1-4,8-11,13-14,23-24H2,(H,25,31)(H,26,32)(H,27,29)(H,28,30). The highest BCUT2D eigenvalue weighted by atomic mass is 32.1. The molecule has 1 aromatic carbocycles. The minimum Gasteiger partial charge on any atom is -0.344 e. The Bertz CT molecular complexity index is 750. The number of nitrogens with one attached hydrogen (secondary N) is 4. The number of nitrogens with two attached hydrogens (primary N) is 2. The number of hydrogen-bond acceptors (Lipinski definition) is 8. The predicted molar refractivity (Wildman–Crippen MR) is 141 cm³/mol. The fourth-order valence-electron chi connectivity index (χ4n) is 3.14. The van der Waals surface area contributed by atoms with Gasteiger partial charge in [0.25, 0.3) is 0 Å². The van der Waals surface area contributed by atoms with Gasteiger partial charge in [-0.3, -0.25) is 19.2 Å². The molecule has 12 heteroatoms. The van der Waals surface area contributed by atoms with E-state index in [-0.39, 0.29) is 35.1 Å². The molecule has 0 aliphatic carbocycles. The molecule has 4 amide bonds. The molecule has 0 aliphatic rings. The first-order valence-electron chi connectivity index (χ1n) is 11.3. The summed E-state index contributed by atoms with van der Waals surface area (Å²) in [6.45, 7) is 0.997. The van der Waals surface area contributed by atoms with Crippen LogP contribution in [0.25, 0.3) is 0 Å². The lowest BCUT2D eigenvalue weighted by Gasteiger charge is -2.19. The maximum atomic E-state index is 12.8. The lowest BCUT2D eigenvalue weighted by Crippen LogP contribution is -2.44. The van der Waals surface area contributed by atoms with E-state index >= 15 is 0 Å². The number of unbranched alkanes of at least 4 members (excludes halogenated alkanes) is 2. The second kappa shape index (κ2) is 17.2. The van der Waals surface area contributed by atoms with Gasteiger partial charge in [0.1, 0.15) is 12.1 Å². The van der Waals surface area contributed by atoms with Crippen LogP contribution < -0.4 is 32.7 Å². The van der Waals surface area contributed by atoms with Crippen molar-refractivity contribution in [3.63, 3.8) is 0 Å². The van der Waals surface area contributed by atoms with Crippen LogP contribution in [0.3, 0.4) is 0 Å². The van der Waals surface area contributed by atoms with Crippen LogP contribution in [0.5, 0.6) is 0 Å². The van der Waals surface area contributed by atoms with E-state index in [1.165, 1.54) is 0 Å². The second-order valence-corrected chi connectivity index (χ2v) is 8.32. The van der Waals surface area contributed by atoms with Crippen LogP contribution in [0, 0.1) is 0 Å². The summed E-state index contributed by atoms with van der Waals surface area (Å²) in [5.74, 6) is -1.51. The molecule has 1 aromatic rings. The molecule has 34 heavy (non-hydrogen) atoms. The lowest BCUT2D eigenvalue weighted by molar-refractivity contribution is -0.125. The average molecular weight is 513 g/mol. The molecule has 0 saturated carbocycles. The fraction of sp³-hybridized carbons (Fsp3) is 0.545. The Kier molecular flexibility index (Phi) is 15.0. The summed E-state index contributed by atoms with van der Waals surface area (Å²) in [5.41, 5.74) is 11.9. The summed E-state index contributed by atoms with van der Waals surface area (Å²) in [6.07, 6.45) is 3.71. The zero-order chi connectivity index (χ0) is 25.3. The van der Waals surface area contributed by atoms with Gasteiger partial charge >= 0.3 is 0 Å². The number of hydrogen-bond donors (Lipinski definition) is 8. The van der Waals surface area contributed by atoms with E-state index in [0.29, 0.717) is 50.1 Å². The molecular formula is C22H36N6O4S2. The van der Waals surface area contributed by atoms with Gasteiger partial charge in [-0.05, 0) is 69.8 Å². The first-order chi connectivity index (χ1) is 16.3. The number of amides is 4. The molecule has 0 aliphatic heterocycles. The monoisotopic (exact) mass is 512 g/mol. The van der Waals surface area contributed by atoms with Crippen LogP contribution in [0.1, 0.15) is 38.5 Å². The van der Waals surface area contributed by atoms with E-state index < -0.39 is 12.1 Å². The van der Waals surface area contributed by atoms with Gasteiger partial charge in [0.05, 0.1) is 11.5 Å². The number of benzene rings is 1. The minimum absolute atomic E-state index is 0.0294. The first-order valence-corrected chi connectivity index (χ1v) is 12.5. The Labute approximate surface area is 211 Å². The van der Waals surface area contributed by atoms with Gasteiger partial charge in [0.2, 0.25) is 23.6 Å². The molecule has 190 valence electrons. The quantitative estimate of drug-likeness (QED) is 0.119. The summed E-state index contributed by atoms with van der Waals surface area (Å²) in [5, 5.41) is 10.9. The number of rotatable bonds is 16. The van der Waals surface area contributed by atoms with Gasteiger partial charge in [0.15, 0.2) is 0 Å². The molecule has 0 bridgehead atoms. The van der Waals surface area contributed by atoms with Crippen LogP contribution in [0.4, 0.5) is 11.4 Å². The van der Waals surface area contributed by atoms with Gasteiger partial charge in [-0.25, -0.2) is 0 Å². The van der Waals surface area contributed by atoms with Crippen LogP contribution in [0.15, 0.2) is 24.3 Å². The third-order valence-electron chi connectivity index (χ3n) is 4.88. The lowest BCUT2D eigenvalue weighted by atomic mass is 10.1. The Balaban J connectivity index is 2.85. The van der Waals surface area contributed by atoms with Crippen molar-refractivity contribution >= 4 is 60.3 Å². The largest absolute Gasteiger partial charge is 0.344 e. The molecule has 0 heterocycles. The van der Waals surface area contributed by atoms with E-state index in [9.17, 15) is 19.2 Å². The molecule has 0 spiro atoms.